The fraction of sp³-hybridized carbons (Fsp3) is 0.750. The second-order valence-electron chi connectivity index (χ2n) is 5.26. The Morgan fingerprint density at radius 1 is 1.33 bits per heavy atom. The molecule has 0 unspecified atom stereocenters. The van der Waals surface area contributed by atoms with Crippen molar-refractivity contribution in [3.05, 3.63) is 16.1 Å². The molecule has 1 aromatic rings. The van der Waals surface area contributed by atoms with Gasteiger partial charge in [0, 0.05) is 39.2 Å². The number of aliphatic imine (C=N–C) groups is 1. The third-order valence-electron chi connectivity index (χ3n) is 3.15. The molecule has 1 heterocycles. The number of unbranched alkanes of at least 4 members (excludes halogenated alkanes) is 1. The second kappa shape index (κ2) is 14.9. The topological polar surface area (TPSA) is 59.0 Å². The van der Waals surface area contributed by atoms with Crippen LogP contribution in [0.4, 0.5) is 0 Å². The van der Waals surface area contributed by atoms with Gasteiger partial charge in [0.05, 0.1) is 30.5 Å². The highest BCUT2D eigenvalue weighted by atomic mass is 127. The fourth-order valence-corrected chi connectivity index (χ4v) is 2.62. The summed E-state index contributed by atoms with van der Waals surface area (Å²) in [5.41, 5.74) is 1.09. The van der Waals surface area contributed by atoms with Gasteiger partial charge >= 0.3 is 0 Å². The summed E-state index contributed by atoms with van der Waals surface area (Å²) in [7, 11) is 3.73. The van der Waals surface area contributed by atoms with E-state index in [1.165, 1.54) is 0 Å². The lowest BCUT2D eigenvalue weighted by atomic mass is 10.3. The van der Waals surface area contributed by atoms with Crippen molar-refractivity contribution < 1.29 is 9.47 Å². The molecule has 0 saturated heterocycles. The molecule has 0 bridgehead atoms. The molecule has 0 fully saturated rings. The number of hydrogen-bond acceptors (Lipinski definition) is 5. The van der Waals surface area contributed by atoms with Gasteiger partial charge in [-0.1, -0.05) is 0 Å². The third kappa shape index (κ3) is 10.4. The average molecular weight is 470 g/mol. The van der Waals surface area contributed by atoms with E-state index in [4.69, 9.17) is 9.47 Å². The Morgan fingerprint density at radius 3 is 2.75 bits per heavy atom. The summed E-state index contributed by atoms with van der Waals surface area (Å²) >= 11 is 1.68. The molecule has 0 aliphatic heterocycles. The lowest BCUT2D eigenvalue weighted by molar-refractivity contribution is 0.0690. The first-order valence-electron chi connectivity index (χ1n) is 8.14. The Bertz CT molecular complexity index is 457. The van der Waals surface area contributed by atoms with Crippen LogP contribution < -0.4 is 5.32 Å². The van der Waals surface area contributed by atoms with Gasteiger partial charge in [-0.3, -0.25) is 4.99 Å². The van der Waals surface area contributed by atoms with Crippen molar-refractivity contribution in [2.45, 2.75) is 33.2 Å². The summed E-state index contributed by atoms with van der Waals surface area (Å²) in [6.07, 6.45) is 2.03. The van der Waals surface area contributed by atoms with Crippen molar-refractivity contribution in [2.24, 2.45) is 4.99 Å². The maximum absolute atomic E-state index is 5.45. The minimum Gasteiger partial charge on any atom is -0.382 e. The summed E-state index contributed by atoms with van der Waals surface area (Å²) in [4.78, 5) is 11.3. The molecule has 0 saturated carbocycles. The molecule has 0 amide bonds. The predicted molar refractivity (Wildman–Crippen MR) is 112 cm³/mol. The molecule has 6 nitrogen and oxygen atoms in total. The molecule has 24 heavy (non-hydrogen) atoms. The van der Waals surface area contributed by atoms with Crippen LogP contribution in [0.2, 0.25) is 0 Å². The van der Waals surface area contributed by atoms with Crippen LogP contribution in [0.1, 0.15) is 30.5 Å². The van der Waals surface area contributed by atoms with E-state index in [2.05, 4.69) is 32.5 Å². The zero-order chi connectivity index (χ0) is 16.9. The standard InChI is InChI=1S/C16H30N4O2S.HI/c1-5-17-16(18-8-6-7-9-22-11-10-21-4)20(3)12-15-13-23-14(2)19-15;/h13H,5-12H2,1-4H3,(H,17,18);1H. The first-order chi connectivity index (χ1) is 11.2. The van der Waals surface area contributed by atoms with Crippen molar-refractivity contribution in [3.63, 3.8) is 0 Å². The van der Waals surface area contributed by atoms with Gasteiger partial charge in [0.1, 0.15) is 0 Å². The molecule has 0 spiro atoms. The number of guanidine groups is 1. The second-order valence-corrected chi connectivity index (χ2v) is 6.32. The van der Waals surface area contributed by atoms with Crippen molar-refractivity contribution in [1.82, 2.24) is 15.2 Å². The van der Waals surface area contributed by atoms with E-state index in [-0.39, 0.29) is 24.0 Å². The predicted octanol–water partition coefficient (Wildman–Crippen LogP) is 2.91. The number of aryl methyl sites for hydroxylation is 1. The van der Waals surface area contributed by atoms with E-state index in [9.17, 15) is 0 Å². The number of ether oxygens (including phenoxy) is 2. The van der Waals surface area contributed by atoms with Crippen molar-refractivity contribution in [3.8, 4) is 0 Å². The highest BCUT2D eigenvalue weighted by Gasteiger charge is 2.08. The van der Waals surface area contributed by atoms with Gasteiger partial charge in [0.2, 0.25) is 0 Å². The lowest BCUT2D eigenvalue weighted by Gasteiger charge is -2.21. The first kappa shape index (κ1) is 23.5. The van der Waals surface area contributed by atoms with Crippen LogP contribution in [0.15, 0.2) is 10.4 Å². The van der Waals surface area contributed by atoms with Gasteiger partial charge in [0.25, 0.3) is 0 Å². The smallest absolute Gasteiger partial charge is 0.194 e. The molecule has 0 aliphatic rings. The molecule has 0 aromatic carbocycles. The van der Waals surface area contributed by atoms with E-state index in [0.717, 1.165) is 55.7 Å². The first-order valence-corrected chi connectivity index (χ1v) is 9.02. The van der Waals surface area contributed by atoms with Crippen LogP contribution in [0, 0.1) is 6.92 Å². The summed E-state index contributed by atoms with van der Waals surface area (Å²) < 4.78 is 10.4. The largest absolute Gasteiger partial charge is 0.382 e. The molecule has 1 aromatic heterocycles. The summed E-state index contributed by atoms with van der Waals surface area (Å²) in [5.74, 6) is 0.929. The molecule has 0 radical (unpaired) electrons. The Labute approximate surface area is 167 Å². The maximum Gasteiger partial charge on any atom is 0.194 e. The summed E-state index contributed by atoms with van der Waals surface area (Å²) in [6, 6.07) is 0. The van der Waals surface area contributed by atoms with Crippen LogP contribution in [0.3, 0.4) is 0 Å². The van der Waals surface area contributed by atoms with E-state index in [0.29, 0.717) is 13.2 Å². The Hall–Kier alpha value is -0.450. The average Bonchev–Trinajstić information content (AvgIpc) is 2.93. The number of methoxy groups -OCH3 is 1. The highest BCUT2D eigenvalue weighted by Crippen LogP contribution is 2.09. The lowest BCUT2D eigenvalue weighted by Crippen LogP contribution is -2.38. The van der Waals surface area contributed by atoms with E-state index in [1.807, 2.05) is 14.0 Å². The van der Waals surface area contributed by atoms with Gasteiger partial charge in [-0.15, -0.1) is 35.3 Å². The van der Waals surface area contributed by atoms with Gasteiger partial charge in [-0.2, -0.15) is 0 Å². The minimum atomic E-state index is 0. The summed E-state index contributed by atoms with van der Waals surface area (Å²) in [6.45, 7) is 8.64. The van der Waals surface area contributed by atoms with E-state index >= 15 is 0 Å². The number of halogens is 1. The Kier molecular flexibility index (Phi) is 14.6. The number of aromatic nitrogens is 1. The monoisotopic (exact) mass is 470 g/mol. The van der Waals surface area contributed by atoms with Crippen molar-refractivity contribution >= 4 is 41.3 Å². The van der Waals surface area contributed by atoms with Crippen LogP contribution in [-0.2, 0) is 16.0 Å². The number of nitrogens with zero attached hydrogens (tertiary/aromatic N) is 3. The zero-order valence-corrected chi connectivity index (χ0v) is 18.4. The molecular formula is C16H31IN4O2S. The molecular weight excluding hydrogens is 439 g/mol. The van der Waals surface area contributed by atoms with E-state index in [1.54, 1.807) is 18.4 Å². The van der Waals surface area contributed by atoms with Crippen molar-refractivity contribution in [2.75, 3.05) is 47.1 Å². The third-order valence-corrected chi connectivity index (χ3v) is 3.97. The SMILES string of the molecule is CCNC(=NCCCCOCCOC)N(C)Cc1csc(C)n1.I. The zero-order valence-electron chi connectivity index (χ0n) is 15.2. The van der Waals surface area contributed by atoms with Crippen LogP contribution in [0.5, 0.6) is 0 Å². The van der Waals surface area contributed by atoms with Gasteiger partial charge in [-0.05, 0) is 26.7 Å². The quantitative estimate of drug-likeness (QED) is 0.233. The maximum atomic E-state index is 5.45. The van der Waals surface area contributed by atoms with Gasteiger partial charge < -0.3 is 19.7 Å². The molecule has 8 heteroatoms. The number of nitrogens with one attached hydrogen (secondary N) is 1. The normalized spacial score (nSPS) is 11.2. The Morgan fingerprint density at radius 2 is 2.12 bits per heavy atom. The van der Waals surface area contributed by atoms with Crippen LogP contribution >= 0.6 is 35.3 Å². The molecule has 140 valence electrons. The van der Waals surface area contributed by atoms with Gasteiger partial charge in [-0.25, -0.2) is 4.98 Å². The van der Waals surface area contributed by atoms with Crippen LogP contribution in [-0.4, -0.2) is 62.9 Å². The molecule has 1 rings (SSSR count). The van der Waals surface area contributed by atoms with Gasteiger partial charge in [0.15, 0.2) is 5.96 Å². The number of thiazole rings is 1. The fourth-order valence-electron chi connectivity index (χ4n) is 2.01. The molecule has 1 N–H and O–H groups in total. The Balaban J connectivity index is 0.00000529. The van der Waals surface area contributed by atoms with Crippen LogP contribution in [0.25, 0.3) is 0 Å². The number of rotatable bonds is 11. The molecule has 0 aliphatic carbocycles. The highest BCUT2D eigenvalue weighted by molar-refractivity contribution is 14.0. The summed E-state index contributed by atoms with van der Waals surface area (Å²) in [5, 5.41) is 6.54. The van der Waals surface area contributed by atoms with Crippen molar-refractivity contribution in [1.29, 1.82) is 0 Å². The van der Waals surface area contributed by atoms with E-state index < -0.39 is 0 Å². The minimum absolute atomic E-state index is 0. The number of hydrogen-bond donors (Lipinski definition) is 1. The molecule has 0 atom stereocenters.